The van der Waals surface area contributed by atoms with Gasteiger partial charge < -0.3 is 20.1 Å². The van der Waals surface area contributed by atoms with E-state index >= 15 is 0 Å². The number of hydrogen-bond acceptors (Lipinski definition) is 3. The van der Waals surface area contributed by atoms with Crippen molar-refractivity contribution in [3.63, 3.8) is 0 Å². The molecule has 1 heterocycles. The molecule has 2 N–H and O–H groups in total. The van der Waals surface area contributed by atoms with Gasteiger partial charge in [-0.3, -0.25) is 4.79 Å². The van der Waals surface area contributed by atoms with Gasteiger partial charge in [0.1, 0.15) is 0 Å². The van der Waals surface area contributed by atoms with Crippen molar-refractivity contribution in [2.45, 2.75) is 57.1 Å². The summed E-state index contributed by atoms with van der Waals surface area (Å²) >= 11 is 0. The van der Waals surface area contributed by atoms with Crippen molar-refractivity contribution in [3.8, 4) is 0 Å². The molecule has 148 valence electrons. The highest BCUT2D eigenvalue weighted by atomic mass is 16.5. The number of carboxylic acid groups (broad SMARTS) is 1. The normalized spacial score (nSPS) is 20.9. The fourth-order valence-electron chi connectivity index (χ4n) is 3.50. The van der Waals surface area contributed by atoms with Gasteiger partial charge in [-0.25, -0.2) is 4.79 Å². The summed E-state index contributed by atoms with van der Waals surface area (Å²) < 4.78 is 5.97. The van der Waals surface area contributed by atoms with Gasteiger partial charge in [-0.05, 0) is 50.0 Å². The molecular formula is C21H30N2O4. The lowest BCUT2D eigenvalue weighted by atomic mass is 10.0. The SMILES string of the molecule is O=C(O)CCC(Cc1ccccc1)NC(=O)N1CCCC(OCC2CC2)C1. The smallest absolute Gasteiger partial charge is 0.317 e. The molecule has 2 atom stereocenters. The molecule has 0 radical (unpaired) electrons. The van der Waals surface area contributed by atoms with E-state index in [4.69, 9.17) is 9.84 Å². The number of rotatable bonds is 9. The first-order valence-corrected chi connectivity index (χ1v) is 10.0. The van der Waals surface area contributed by atoms with E-state index in [1.807, 2.05) is 35.2 Å². The van der Waals surface area contributed by atoms with Gasteiger partial charge in [-0.2, -0.15) is 0 Å². The molecule has 0 bridgehead atoms. The summed E-state index contributed by atoms with van der Waals surface area (Å²) in [5.41, 5.74) is 1.09. The minimum atomic E-state index is -0.839. The molecule has 2 unspecified atom stereocenters. The van der Waals surface area contributed by atoms with Crippen molar-refractivity contribution in [3.05, 3.63) is 35.9 Å². The lowest BCUT2D eigenvalue weighted by molar-refractivity contribution is -0.137. The van der Waals surface area contributed by atoms with Gasteiger partial charge in [-0.15, -0.1) is 0 Å². The standard InChI is InChI=1S/C21H30N2O4/c24-20(25)11-10-18(13-16-5-2-1-3-6-16)22-21(26)23-12-4-7-19(14-23)27-15-17-8-9-17/h1-3,5-6,17-19H,4,7-15H2,(H,22,26)(H,24,25). The molecule has 1 aromatic carbocycles. The van der Waals surface area contributed by atoms with E-state index in [0.717, 1.165) is 37.5 Å². The molecule has 1 aromatic rings. The Kier molecular flexibility index (Phi) is 7.10. The topological polar surface area (TPSA) is 78.9 Å². The van der Waals surface area contributed by atoms with Crippen molar-refractivity contribution in [1.82, 2.24) is 10.2 Å². The van der Waals surface area contributed by atoms with Crippen LogP contribution in [0.4, 0.5) is 4.79 Å². The third-order valence-corrected chi connectivity index (χ3v) is 5.29. The van der Waals surface area contributed by atoms with E-state index in [-0.39, 0.29) is 24.6 Å². The number of urea groups is 1. The van der Waals surface area contributed by atoms with Gasteiger partial charge in [0.2, 0.25) is 0 Å². The Morgan fingerprint density at radius 1 is 1.22 bits per heavy atom. The molecule has 2 amide bonds. The summed E-state index contributed by atoms with van der Waals surface area (Å²) in [4.78, 5) is 25.5. The van der Waals surface area contributed by atoms with Crippen LogP contribution in [0.1, 0.15) is 44.1 Å². The zero-order valence-corrected chi connectivity index (χ0v) is 15.8. The molecule has 1 saturated carbocycles. The highest BCUT2D eigenvalue weighted by Crippen LogP contribution is 2.30. The van der Waals surface area contributed by atoms with Gasteiger partial charge in [0.25, 0.3) is 0 Å². The molecule has 1 aliphatic carbocycles. The number of nitrogens with one attached hydrogen (secondary N) is 1. The second-order valence-electron chi connectivity index (χ2n) is 7.76. The zero-order valence-electron chi connectivity index (χ0n) is 15.8. The fourth-order valence-corrected chi connectivity index (χ4v) is 3.50. The summed E-state index contributed by atoms with van der Waals surface area (Å²) in [5.74, 6) is -0.116. The second kappa shape index (κ2) is 9.74. The summed E-state index contributed by atoms with van der Waals surface area (Å²) in [6.45, 7) is 2.16. The van der Waals surface area contributed by atoms with Crippen molar-refractivity contribution >= 4 is 12.0 Å². The number of amides is 2. The zero-order chi connectivity index (χ0) is 19.1. The predicted molar refractivity (Wildman–Crippen MR) is 103 cm³/mol. The van der Waals surface area contributed by atoms with Crippen LogP contribution < -0.4 is 5.32 Å². The molecule has 1 saturated heterocycles. The van der Waals surface area contributed by atoms with Crippen LogP contribution in [0.3, 0.4) is 0 Å². The maximum atomic E-state index is 12.8. The Morgan fingerprint density at radius 3 is 2.70 bits per heavy atom. The number of carboxylic acids is 1. The van der Waals surface area contributed by atoms with Gasteiger partial charge >= 0.3 is 12.0 Å². The second-order valence-corrected chi connectivity index (χ2v) is 7.76. The van der Waals surface area contributed by atoms with E-state index in [1.165, 1.54) is 12.8 Å². The number of carbonyl (C=O) groups excluding carboxylic acids is 1. The molecule has 27 heavy (non-hydrogen) atoms. The lowest BCUT2D eigenvalue weighted by Crippen LogP contribution is -2.51. The summed E-state index contributed by atoms with van der Waals surface area (Å²) in [6, 6.07) is 9.56. The number of carbonyl (C=O) groups is 2. The summed E-state index contributed by atoms with van der Waals surface area (Å²) in [6.07, 6.45) is 5.70. The Hall–Kier alpha value is -2.08. The molecule has 2 fully saturated rings. The van der Waals surface area contributed by atoms with E-state index in [0.29, 0.717) is 19.4 Å². The fraction of sp³-hybridized carbons (Fsp3) is 0.619. The van der Waals surface area contributed by atoms with E-state index in [1.54, 1.807) is 0 Å². The van der Waals surface area contributed by atoms with Crippen molar-refractivity contribution < 1.29 is 19.4 Å². The van der Waals surface area contributed by atoms with Crippen molar-refractivity contribution in [2.24, 2.45) is 5.92 Å². The third kappa shape index (κ3) is 6.86. The van der Waals surface area contributed by atoms with Crippen LogP contribution in [0.2, 0.25) is 0 Å². The van der Waals surface area contributed by atoms with Crippen LogP contribution in [0.15, 0.2) is 30.3 Å². The van der Waals surface area contributed by atoms with Crippen LogP contribution >= 0.6 is 0 Å². The summed E-state index contributed by atoms with van der Waals surface area (Å²) in [7, 11) is 0. The Balaban J connectivity index is 1.52. The molecular weight excluding hydrogens is 344 g/mol. The number of aliphatic carboxylic acids is 1. The van der Waals surface area contributed by atoms with Crippen LogP contribution in [-0.2, 0) is 16.0 Å². The predicted octanol–water partition coefficient (Wildman–Crippen LogP) is 3.06. The Morgan fingerprint density at radius 2 is 2.00 bits per heavy atom. The number of likely N-dealkylation sites (tertiary alicyclic amines) is 1. The highest BCUT2D eigenvalue weighted by Gasteiger charge is 2.28. The monoisotopic (exact) mass is 374 g/mol. The van der Waals surface area contributed by atoms with Crippen LogP contribution in [0.5, 0.6) is 0 Å². The highest BCUT2D eigenvalue weighted by molar-refractivity contribution is 5.75. The quantitative estimate of drug-likeness (QED) is 0.696. The van der Waals surface area contributed by atoms with Gasteiger partial charge in [0.05, 0.1) is 6.10 Å². The van der Waals surface area contributed by atoms with E-state index < -0.39 is 5.97 Å². The van der Waals surface area contributed by atoms with Gasteiger partial charge in [-0.1, -0.05) is 30.3 Å². The Bertz CT molecular complexity index is 618. The number of ether oxygens (including phenoxy) is 1. The molecule has 0 aromatic heterocycles. The van der Waals surface area contributed by atoms with Crippen LogP contribution in [0, 0.1) is 5.92 Å². The molecule has 6 nitrogen and oxygen atoms in total. The van der Waals surface area contributed by atoms with E-state index in [2.05, 4.69) is 5.32 Å². The third-order valence-electron chi connectivity index (χ3n) is 5.29. The maximum Gasteiger partial charge on any atom is 0.317 e. The first-order valence-electron chi connectivity index (χ1n) is 10.0. The summed E-state index contributed by atoms with van der Waals surface area (Å²) in [5, 5.41) is 12.1. The van der Waals surface area contributed by atoms with Crippen molar-refractivity contribution in [1.29, 1.82) is 0 Å². The number of benzene rings is 1. The molecule has 3 rings (SSSR count). The minimum absolute atomic E-state index is 0.0465. The lowest BCUT2D eigenvalue weighted by Gasteiger charge is -2.34. The van der Waals surface area contributed by atoms with Gasteiger partial charge in [0, 0.05) is 32.2 Å². The average molecular weight is 374 g/mol. The van der Waals surface area contributed by atoms with E-state index in [9.17, 15) is 9.59 Å². The average Bonchev–Trinajstić information content (AvgIpc) is 3.50. The van der Waals surface area contributed by atoms with Crippen LogP contribution in [0.25, 0.3) is 0 Å². The minimum Gasteiger partial charge on any atom is -0.481 e. The molecule has 0 spiro atoms. The van der Waals surface area contributed by atoms with Gasteiger partial charge in [0.15, 0.2) is 0 Å². The largest absolute Gasteiger partial charge is 0.481 e. The number of nitrogens with zero attached hydrogens (tertiary/aromatic N) is 1. The number of piperidine rings is 1. The number of hydrogen-bond donors (Lipinski definition) is 2. The van der Waals surface area contributed by atoms with Crippen LogP contribution in [-0.4, -0.2) is 53.8 Å². The van der Waals surface area contributed by atoms with Crippen molar-refractivity contribution in [2.75, 3.05) is 19.7 Å². The molecule has 2 aliphatic rings. The maximum absolute atomic E-state index is 12.8. The first kappa shape index (κ1) is 19.7. The molecule has 1 aliphatic heterocycles. The Labute approximate surface area is 160 Å². The first-order chi connectivity index (χ1) is 13.1. The molecule has 6 heteroatoms.